The molecule has 4 rings (SSSR count). The number of amidine groups is 1. The van der Waals surface area contributed by atoms with E-state index >= 15 is 0 Å². The fourth-order valence-corrected chi connectivity index (χ4v) is 5.10. The molecule has 2 heterocycles. The molecule has 1 unspecified atom stereocenters. The lowest BCUT2D eigenvalue weighted by Crippen LogP contribution is -2.34. The van der Waals surface area contributed by atoms with Crippen molar-refractivity contribution in [1.29, 1.82) is 0 Å². The number of ether oxygens (including phenoxy) is 2. The number of esters is 1. The highest BCUT2D eigenvalue weighted by Crippen LogP contribution is 2.25. The van der Waals surface area contributed by atoms with E-state index in [1.54, 1.807) is 55.6 Å². The molecule has 0 aliphatic carbocycles. The SMILES string of the molecule is CCCCCCOC(=O)/N=C(/N)c1ccc(NC(C)c2nc3cc(C(=O)N(CCC(=O)OCC)c4ccccn4)ccc3n2C)cc1. The summed E-state index contributed by atoms with van der Waals surface area (Å²) in [6.45, 7) is 6.59. The predicted octanol–water partition coefficient (Wildman–Crippen LogP) is 6.16. The molecule has 0 saturated heterocycles. The molecule has 12 nitrogen and oxygen atoms in total. The van der Waals surface area contributed by atoms with Gasteiger partial charge in [0, 0.05) is 36.6 Å². The molecular formula is C35H43N7O5. The third kappa shape index (κ3) is 9.38. The maximum absolute atomic E-state index is 13.7. The zero-order valence-electron chi connectivity index (χ0n) is 27.4. The number of amides is 2. The van der Waals surface area contributed by atoms with Crippen LogP contribution in [0, 0.1) is 0 Å². The van der Waals surface area contributed by atoms with E-state index in [1.165, 1.54) is 4.90 Å². The first-order chi connectivity index (χ1) is 22.7. The van der Waals surface area contributed by atoms with Gasteiger partial charge in [0.25, 0.3) is 5.91 Å². The van der Waals surface area contributed by atoms with Gasteiger partial charge in [-0.05, 0) is 74.9 Å². The Morgan fingerprint density at radius 3 is 2.47 bits per heavy atom. The van der Waals surface area contributed by atoms with Gasteiger partial charge in [0.15, 0.2) is 0 Å². The van der Waals surface area contributed by atoms with Crippen molar-refractivity contribution in [2.24, 2.45) is 17.8 Å². The lowest BCUT2D eigenvalue weighted by Gasteiger charge is -2.21. The van der Waals surface area contributed by atoms with E-state index in [-0.39, 0.29) is 43.3 Å². The molecule has 1 atom stereocenters. The van der Waals surface area contributed by atoms with Crippen molar-refractivity contribution in [3.05, 3.63) is 83.8 Å². The number of hydrogen-bond acceptors (Lipinski definition) is 8. The van der Waals surface area contributed by atoms with Crippen molar-refractivity contribution in [1.82, 2.24) is 14.5 Å². The van der Waals surface area contributed by atoms with Crippen molar-refractivity contribution in [3.8, 4) is 0 Å². The van der Waals surface area contributed by atoms with E-state index in [0.29, 0.717) is 29.1 Å². The number of aromatic nitrogens is 3. The minimum absolute atomic E-state index is 0.0431. The van der Waals surface area contributed by atoms with Gasteiger partial charge in [0.2, 0.25) is 0 Å². The number of nitrogens with two attached hydrogens (primary N) is 1. The van der Waals surface area contributed by atoms with Gasteiger partial charge in [-0.15, -0.1) is 0 Å². The molecule has 0 spiro atoms. The second kappa shape index (κ2) is 16.9. The molecule has 2 aromatic heterocycles. The van der Waals surface area contributed by atoms with Crippen LogP contribution in [0.15, 0.2) is 71.9 Å². The molecule has 0 fully saturated rings. The van der Waals surface area contributed by atoms with Crippen LogP contribution in [0.5, 0.6) is 0 Å². The van der Waals surface area contributed by atoms with Crippen LogP contribution in [0.1, 0.15) is 80.7 Å². The highest BCUT2D eigenvalue weighted by molar-refractivity contribution is 6.07. The molecule has 12 heteroatoms. The molecule has 2 aromatic carbocycles. The van der Waals surface area contributed by atoms with Gasteiger partial charge >= 0.3 is 12.1 Å². The van der Waals surface area contributed by atoms with Crippen LogP contribution in [0.2, 0.25) is 0 Å². The minimum atomic E-state index is -0.692. The van der Waals surface area contributed by atoms with Crippen LogP contribution in [0.4, 0.5) is 16.3 Å². The number of aryl methyl sites for hydroxylation is 1. The average Bonchev–Trinajstić information content (AvgIpc) is 3.41. The number of benzene rings is 2. The van der Waals surface area contributed by atoms with Crippen molar-refractivity contribution in [2.75, 3.05) is 30.0 Å². The number of unbranched alkanes of at least 4 members (excludes halogenated alkanes) is 3. The van der Waals surface area contributed by atoms with Gasteiger partial charge in [0.05, 0.1) is 36.7 Å². The second-order valence-corrected chi connectivity index (χ2v) is 11.0. The Morgan fingerprint density at radius 1 is 1.00 bits per heavy atom. The Balaban J connectivity index is 1.45. The zero-order chi connectivity index (χ0) is 33.8. The molecule has 0 saturated carbocycles. The van der Waals surface area contributed by atoms with Crippen molar-refractivity contribution < 1.29 is 23.9 Å². The third-order valence-corrected chi connectivity index (χ3v) is 7.56. The quantitative estimate of drug-likeness (QED) is 0.0672. The summed E-state index contributed by atoms with van der Waals surface area (Å²) in [4.78, 5) is 52.3. The fourth-order valence-electron chi connectivity index (χ4n) is 5.10. The van der Waals surface area contributed by atoms with Crippen molar-refractivity contribution in [3.63, 3.8) is 0 Å². The lowest BCUT2D eigenvalue weighted by molar-refractivity contribution is -0.142. The molecule has 2 amide bonds. The maximum atomic E-state index is 13.7. The molecule has 4 aromatic rings. The summed E-state index contributed by atoms with van der Waals surface area (Å²) in [5, 5.41) is 3.44. The molecule has 0 aliphatic heterocycles. The van der Waals surface area contributed by atoms with Crippen molar-refractivity contribution in [2.45, 2.75) is 58.9 Å². The van der Waals surface area contributed by atoms with E-state index in [9.17, 15) is 14.4 Å². The van der Waals surface area contributed by atoms with Gasteiger partial charge in [-0.2, -0.15) is 4.99 Å². The largest absolute Gasteiger partial charge is 0.466 e. The first-order valence-corrected chi connectivity index (χ1v) is 15.9. The standard InChI is InChI=1S/C35H43N7O5/c1-5-7-8-11-22-47-35(45)40-32(36)25-13-16-27(17-14-25)38-24(3)33-39-28-23-26(15-18-29(28)41(33)4)34(44)42(21-19-31(43)46-6-2)30-12-9-10-20-37-30/h9-10,12-18,20,23-24,38H,5-8,11,19,21-22H2,1-4H3,(H2,36,40,45). The highest BCUT2D eigenvalue weighted by Gasteiger charge is 2.22. The number of hydrogen-bond donors (Lipinski definition) is 2. The Morgan fingerprint density at radius 2 is 1.77 bits per heavy atom. The molecular weight excluding hydrogens is 598 g/mol. The molecule has 0 aliphatic rings. The number of carbonyl (C=O) groups is 3. The van der Waals surface area contributed by atoms with Gasteiger partial charge < -0.3 is 25.1 Å². The Labute approximate surface area is 275 Å². The lowest BCUT2D eigenvalue weighted by atomic mass is 10.1. The van der Waals surface area contributed by atoms with Crippen LogP contribution in [-0.4, -0.2) is 58.1 Å². The summed E-state index contributed by atoms with van der Waals surface area (Å²) in [6.07, 6.45) is 4.99. The van der Waals surface area contributed by atoms with Gasteiger partial charge in [-0.25, -0.2) is 14.8 Å². The summed E-state index contributed by atoms with van der Waals surface area (Å²) in [6, 6.07) is 17.7. The number of pyridine rings is 1. The predicted molar refractivity (Wildman–Crippen MR) is 183 cm³/mol. The second-order valence-electron chi connectivity index (χ2n) is 11.0. The maximum Gasteiger partial charge on any atom is 0.435 e. The van der Waals surface area contributed by atoms with Crippen molar-refractivity contribution >= 4 is 46.3 Å². The van der Waals surface area contributed by atoms with Gasteiger partial charge in [0.1, 0.15) is 17.5 Å². The summed E-state index contributed by atoms with van der Waals surface area (Å²) < 4.78 is 12.2. The monoisotopic (exact) mass is 641 g/mol. The van der Waals surface area contributed by atoms with Crippen LogP contribution in [0.25, 0.3) is 11.0 Å². The van der Waals surface area contributed by atoms with E-state index in [1.807, 2.05) is 36.7 Å². The number of nitrogens with one attached hydrogen (secondary N) is 1. The summed E-state index contributed by atoms with van der Waals surface area (Å²) >= 11 is 0. The van der Waals surface area contributed by atoms with E-state index < -0.39 is 6.09 Å². The summed E-state index contributed by atoms with van der Waals surface area (Å²) in [5.41, 5.74) is 9.41. The van der Waals surface area contributed by atoms with E-state index in [2.05, 4.69) is 22.2 Å². The smallest absolute Gasteiger partial charge is 0.435 e. The number of carbonyl (C=O) groups excluding carboxylic acids is 3. The number of anilines is 2. The molecule has 47 heavy (non-hydrogen) atoms. The third-order valence-electron chi connectivity index (χ3n) is 7.56. The molecule has 0 radical (unpaired) electrons. The highest BCUT2D eigenvalue weighted by atomic mass is 16.5. The van der Waals surface area contributed by atoms with E-state index in [4.69, 9.17) is 20.2 Å². The molecule has 3 N–H and O–H groups in total. The first kappa shape index (κ1) is 34.6. The number of rotatable bonds is 15. The summed E-state index contributed by atoms with van der Waals surface area (Å²) in [5.74, 6) is 0.619. The van der Waals surface area contributed by atoms with Crippen LogP contribution in [-0.2, 0) is 21.3 Å². The number of nitrogens with zero attached hydrogens (tertiary/aromatic N) is 5. The number of fused-ring (bicyclic) bond motifs is 1. The first-order valence-electron chi connectivity index (χ1n) is 15.9. The molecule has 248 valence electrons. The fraction of sp³-hybridized carbons (Fsp3) is 0.371. The van der Waals surface area contributed by atoms with Crippen LogP contribution >= 0.6 is 0 Å². The minimum Gasteiger partial charge on any atom is -0.466 e. The zero-order valence-corrected chi connectivity index (χ0v) is 27.4. The Bertz CT molecular complexity index is 1690. The van der Waals surface area contributed by atoms with Crippen LogP contribution in [0.3, 0.4) is 0 Å². The Hall–Kier alpha value is -5.26. The normalized spacial score (nSPS) is 12.0. The number of imidazole rings is 1. The molecule has 0 bridgehead atoms. The Kier molecular flexibility index (Phi) is 12.4. The van der Waals surface area contributed by atoms with Gasteiger partial charge in [-0.3, -0.25) is 14.5 Å². The average molecular weight is 642 g/mol. The summed E-state index contributed by atoms with van der Waals surface area (Å²) in [7, 11) is 1.92. The van der Waals surface area contributed by atoms with Gasteiger partial charge in [-0.1, -0.05) is 32.3 Å². The van der Waals surface area contributed by atoms with E-state index in [0.717, 1.165) is 42.7 Å². The topological polar surface area (TPSA) is 154 Å². The van der Waals surface area contributed by atoms with Crippen LogP contribution < -0.4 is 16.0 Å². The number of aliphatic imine (C=N–C) groups is 1.